The Hall–Kier alpha value is -2.33. The normalized spacial score (nSPS) is 14.4. The van der Waals surface area contributed by atoms with Gasteiger partial charge in [0.2, 0.25) is 5.91 Å². The third kappa shape index (κ3) is 5.57. The van der Waals surface area contributed by atoms with Crippen LogP contribution in [0.3, 0.4) is 0 Å². The Labute approximate surface area is 163 Å². The van der Waals surface area contributed by atoms with Gasteiger partial charge in [-0.3, -0.25) is 9.69 Å². The van der Waals surface area contributed by atoms with Crippen molar-refractivity contribution in [1.29, 1.82) is 0 Å². The van der Waals surface area contributed by atoms with E-state index in [2.05, 4.69) is 45.4 Å². The Morgan fingerprint density at radius 1 is 1.04 bits per heavy atom. The van der Waals surface area contributed by atoms with Gasteiger partial charge >= 0.3 is 0 Å². The van der Waals surface area contributed by atoms with Gasteiger partial charge in [-0.05, 0) is 75.0 Å². The highest BCUT2D eigenvalue weighted by Gasteiger charge is 2.12. The Kier molecular flexibility index (Phi) is 6.51. The van der Waals surface area contributed by atoms with Crippen molar-refractivity contribution in [2.45, 2.75) is 39.7 Å². The van der Waals surface area contributed by atoms with Crippen LogP contribution >= 0.6 is 0 Å². The van der Waals surface area contributed by atoms with E-state index in [1.165, 1.54) is 30.5 Å². The number of anilines is 2. The number of hydrogen-bond donors (Lipinski definition) is 1. The highest BCUT2D eigenvalue weighted by Crippen LogP contribution is 2.21. The van der Waals surface area contributed by atoms with Crippen LogP contribution in [0.15, 0.2) is 42.5 Å². The number of amides is 1. The van der Waals surface area contributed by atoms with E-state index >= 15 is 0 Å². The topological polar surface area (TPSA) is 35.6 Å². The van der Waals surface area contributed by atoms with Gasteiger partial charge in [0, 0.05) is 31.0 Å². The molecule has 1 saturated heterocycles. The molecule has 1 aliphatic rings. The van der Waals surface area contributed by atoms with Gasteiger partial charge in [-0.1, -0.05) is 24.3 Å². The molecule has 0 aliphatic carbocycles. The molecule has 0 unspecified atom stereocenters. The Bertz CT molecular complexity index is 764. The molecule has 2 aromatic carbocycles. The number of nitrogens with one attached hydrogen (secondary N) is 1. The van der Waals surface area contributed by atoms with Crippen LogP contribution in [0.4, 0.5) is 11.4 Å². The Morgan fingerprint density at radius 2 is 1.74 bits per heavy atom. The van der Waals surface area contributed by atoms with Crippen LogP contribution in [0, 0.1) is 13.8 Å². The molecule has 144 valence electrons. The van der Waals surface area contributed by atoms with Crippen molar-refractivity contribution >= 4 is 17.3 Å². The molecular weight excluding hydrogens is 334 g/mol. The summed E-state index contributed by atoms with van der Waals surface area (Å²) in [5.74, 6) is 0.0242. The fourth-order valence-corrected chi connectivity index (χ4v) is 3.64. The van der Waals surface area contributed by atoms with Crippen LogP contribution < -0.4 is 10.2 Å². The molecule has 0 atom stereocenters. The van der Waals surface area contributed by atoms with Crippen LogP contribution in [0.1, 0.15) is 36.0 Å². The van der Waals surface area contributed by atoms with E-state index < -0.39 is 0 Å². The second-order valence-corrected chi connectivity index (χ2v) is 7.75. The Morgan fingerprint density at radius 3 is 2.44 bits per heavy atom. The van der Waals surface area contributed by atoms with Crippen LogP contribution in [0.2, 0.25) is 0 Å². The minimum atomic E-state index is 0.0242. The molecule has 0 spiro atoms. The van der Waals surface area contributed by atoms with Gasteiger partial charge in [0.25, 0.3) is 0 Å². The zero-order chi connectivity index (χ0) is 19.2. The van der Waals surface area contributed by atoms with Gasteiger partial charge in [0.05, 0.1) is 6.54 Å². The fraction of sp³-hybridized carbons (Fsp3) is 0.435. The highest BCUT2D eigenvalue weighted by atomic mass is 16.2. The number of likely N-dealkylation sites (N-methyl/N-ethyl adjacent to an activating group) is 1. The number of carbonyl (C=O) groups is 1. The number of aryl methyl sites for hydroxylation is 2. The average molecular weight is 366 g/mol. The molecule has 4 nitrogen and oxygen atoms in total. The molecular formula is C23H31N3O. The zero-order valence-electron chi connectivity index (χ0n) is 16.8. The molecule has 2 aromatic rings. The summed E-state index contributed by atoms with van der Waals surface area (Å²) in [4.78, 5) is 16.9. The van der Waals surface area contributed by atoms with Gasteiger partial charge in [0.15, 0.2) is 0 Å². The lowest BCUT2D eigenvalue weighted by Gasteiger charge is -2.29. The monoisotopic (exact) mass is 365 g/mol. The molecule has 1 fully saturated rings. The average Bonchev–Trinajstić information content (AvgIpc) is 2.66. The maximum Gasteiger partial charge on any atom is 0.238 e. The molecule has 0 saturated carbocycles. The van der Waals surface area contributed by atoms with E-state index in [1.54, 1.807) is 0 Å². The molecule has 1 N–H and O–H groups in total. The van der Waals surface area contributed by atoms with Crippen molar-refractivity contribution in [3.05, 3.63) is 59.2 Å². The predicted octanol–water partition coefficient (Wildman–Crippen LogP) is 4.36. The largest absolute Gasteiger partial charge is 0.372 e. The summed E-state index contributed by atoms with van der Waals surface area (Å²) in [6, 6.07) is 14.9. The third-order valence-electron chi connectivity index (χ3n) is 5.19. The molecule has 27 heavy (non-hydrogen) atoms. The van der Waals surface area contributed by atoms with Crippen LogP contribution in [0.25, 0.3) is 0 Å². The van der Waals surface area contributed by atoms with Crippen LogP contribution in [-0.2, 0) is 11.3 Å². The summed E-state index contributed by atoms with van der Waals surface area (Å²) in [5, 5.41) is 3.03. The first kappa shape index (κ1) is 19.4. The molecule has 1 amide bonds. The van der Waals surface area contributed by atoms with Crippen molar-refractivity contribution in [1.82, 2.24) is 4.90 Å². The summed E-state index contributed by atoms with van der Waals surface area (Å²) in [7, 11) is 1.99. The van der Waals surface area contributed by atoms with E-state index in [9.17, 15) is 4.79 Å². The maximum atomic E-state index is 12.4. The first-order chi connectivity index (χ1) is 13.0. The van der Waals surface area contributed by atoms with Gasteiger partial charge in [-0.2, -0.15) is 0 Å². The molecule has 3 rings (SSSR count). The summed E-state index contributed by atoms with van der Waals surface area (Å²) in [6.45, 7) is 7.52. The Balaban J connectivity index is 1.51. The number of rotatable bonds is 6. The van der Waals surface area contributed by atoms with Crippen molar-refractivity contribution in [2.75, 3.05) is 36.9 Å². The van der Waals surface area contributed by atoms with Crippen LogP contribution in [0.5, 0.6) is 0 Å². The number of nitrogens with zero attached hydrogens (tertiary/aromatic N) is 2. The van der Waals surface area contributed by atoms with Crippen molar-refractivity contribution in [3.8, 4) is 0 Å². The summed E-state index contributed by atoms with van der Waals surface area (Å²) >= 11 is 0. The molecule has 0 aromatic heterocycles. The smallest absolute Gasteiger partial charge is 0.238 e. The van der Waals surface area contributed by atoms with E-state index in [0.717, 1.165) is 36.4 Å². The molecule has 1 aliphatic heterocycles. The molecule has 1 heterocycles. The number of hydrogen-bond acceptors (Lipinski definition) is 3. The quantitative estimate of drug-likeness (QED) is 0.826. The zero-order valence-corrected chi connectivity index (χ0v) is 16.8. The summed E-state index contributed by atoms with van der Waals surface area (Å²) < 4.78 is 0. The van der Waals surface area contributed by atoms with Crippen molar-refractivity contribution in [3.63, 3.8) is 0 Å². The van der Waals surface area contributed by atoms with E-state index in [-0.39, 0.29) is 5.91 Å². The standard InChI is InChI=1S/C23H31N3O/c1-18-7-8-19(2)22(15-18)24-23(27)17-25(3)16-20-9-11-21(12-10-20)26-13-5-4-6-14-26/h7-12,15H,4-6,13-14,16-17H2,1-3H3,(H,24,27). The van der Waals surface area contributed by atoms with Crippen molar-refractivity contribution < 1.29 is 4.79 Å². The van der Waals surface area contributed by atoms with Gasteiger partial charge < -0.3 is 10.2 Å². The third-order valence-corrected chi connectivity index (χ3v) is 5.19. The highest BCUT2D eigenvalue weighted by molar-refractivity contribution is 5.93. The molecule has 0 bridgehead atoms. The minimum absolute atomic E-state index is 0.0242. The minimum Gasteiger partial charge on any atom is -0.372 e. The number of benzene rings is 2. The van der Waals surface area contributed by atoms with Crippen LogP contribution in [-0.4, -0.2) is 37.5 Å². The molecule has 4 heteroatoms. The fourth-order valence-electron chi connectivity index (χ4n) is 3.64. The second-order valence-electron chi connectivity index (χ2n) is 7.75. The second kappa shape index (κ2) is 9.05. The maximum absolute atomic E-state index is 12.4. The lowest BCUT2D eigenvalue weighted by Crippen LogP contribution is -2.30. The lowest BCUT2D eigenvalue weighted by molar-refractivity contribution is -0.117. The SMILES string of the molecule is Cc1ccc(C)c(NC(=O)CN(C)Cc2ccc(N3CCCCC3)cc2)c1. The van der Waals surface area contributed by atoms with Crippen molar-refractivity contribution in [2.24, 2.45) is 0 Å². The van der Waals surface area contributed by atoms with Gasteiger partial charge in [-0.25, -0.2) is 0 Å². The first-order valence-electron chi connectivity index (χ1n) is 9.91. The van der Waals surface area contributed by atoms with E-state index in [1.807, 2.05) is 33.0 Å². The predicted molar refractivity (Wildman–Crippen MR) is 113 cm³/mol. The lowest BCUT2D eigenvalue weighted by atomic mass is 10.1. The first-order valence-corrected chi connectivity index (χ1v) is 9.91. The van der Waals surface area contributed by atoms with E-state index in [0.29, 0.717) is 6.54 Å². The van der Waals surface area contributed by atoms with E-state index in [4.69, 9.17) is 0 Å². The van der Waals surface area contributed by atoms with Gasteiger partial charge in [-0.15, -0.1) is 0 Å². The molecule has 0 radical (unpaired) electrons. The number of carbonyl (C=O) groups excluding carboxylic acids is 1. The summed E-state index contributed by atoms with van der Waals surface area (Å²) in [6.07, 6.45) is 3.93. The number of piperidine rings is 1. The summed E-state index contributed by atoms with van der Waals surface area (Å²) in [5.41, 5.74) is 5.69. The van der Waals surface area contributed by atoms with Gasteiger partial charge in [0.1, 0.15) is 0 Å².